The van der Waals surface area contributed by atoms with Gasteiger partial charge in [-0.15, -0.1) is 0 Å². The van der Waals surface area contributed by atoms with E-state index in [0.29, 0.717) is 46.7 Å². The Balaban J connectivity index is 1.19. The van der Waals surface area contributed by atoms with Crippen LogP contribution in [0.5, 0.6) is 0 Å². The van der Waals surface area contributed by atoms with Gasteiger partial charge in [0.15, 0.2) is 12.2 Å². The number of rotatable bonds is 4. The number of H-pyrrole nitrogens is 1. The fraction of sp³-hybridized carbons (Fsp3) is 0.115. The molecular formula is C26H20N6O3. The van der Waals surface area contributed by atoms with E-state index in [1.165, 1.54) is 6.39 Å². The van der Waals surface area contributed by atoms with Gasteiger partial charge in [0.05, 0.1) is 6.20 Å². The van der Waals surface area contributed by atoms with Crippen molar-refractivity contribution in [1.82, 2.24) is 25.3 Å². The van der Waals surface area contributed by atoms with Crippen LogP contribution in [0.1, 0.15) is 31.8 Å². The molecule has 3 heterocycles. The first-order valence-corrected chi connectivity index (χ1v) is 11.2. The third-order valence-electron chi connectivity index (χ3n) is 6.17. The molecule has 0 saturated heterocycles. The first-order valence-electron chi connectivity index (χ1n) is 11.2. The number of hydrogen-bond donors (Lipinski definition) is 2. The quantitative estimate of drug-likeness (QED) is 0.414. The molecule has 0 fully saturated rings. The van der Waals surface area contributed by atoms with Crippen LogP contribution >= 0.6 is 0 Å². The fourth-order valence-corrected chi connectivity index (χ4v) is 4.34. The van der Waals surface area contributed by atoms with E-state index in [9.17, 15) is 9.59 Å². The van der Waals surface area contributed by atoms with Gasteiger partial charge in [0, 0.05) is 35.5 Å². The van der Waals surface area contributed by atoms with Crippen molar-refractivity contribution in [1.29, 1.82) is 0 Å². The molecule has 35 heavy (non-hydrogen) atoms. The van der Waals surface area contributed by atoms with Crippen molar-refractivity contribution >= 4 is 28.5 Å². The third-order valence-corrected chi connectivity index (χ3v) is 6.17. The highest BCUT2D eigenvalue weighted by Crippen LogP contribution is 2.25. The molecule has 9 nitrogen and oxygen atoms in total. The monoisotopic (exact) mass is 464 g/mol. The van der Waals surface area contributed by atoms with Gasteiger partial charge in [0.2, 0.25) is 0 Å². The number of carbonyl (C=O) groups excluding carboxylic acids is 2. The number of hydrogen-bond acceptors (Lipinski definition) is 6. The van der Waals surface area contributed by atoms with Crippen LogP contribution in [0.25, 0.3) is 22.4 Å². The van der Waals surface area contributed by atoms with Crippen molar-refractivity contribution in [2.75, 3.05) is 11.9 Å². The lowest BCUT2D eigenvalue weighted by molar-refractivity contribution is 0.0735. The van der Waals surface area contributed by atoms with Crippen molar-refractivity contribution in [2.24, 2.45) is 0 Å². The minimum Gasteiger partial charge on any atom is -0.444 e. The molecule has 2 N–H and O–H groups in total. The van der Waals surface area contributed by atoms with E-state index in [4.69, 9.17) is 4.42 Å². The highest BCUT2D eigenvalue weighted by molar-refractivity contribution is 6.04. The van der Waals surface area contributed by atoms with Crippen molar-refractivity contribution in [3.8, 4) is 11.3 Å². The van der Waals surface area contributed by atoms with Gasteiger partial charge in [0.1, 0.15) is 11.0 Å². The topological polar surface area (TPSA) is 117 Å². The van der Waals surface area contributed by atoms with E-state index in [2.05, 4.69) is 25.7 Å². The number of benzene rings is 3. The summed E-state index contributed by atoms with van der Waals surface area (Å²) in [5.74, 6) is 0.337. The maximum Gasteiger partial charge on any atom is 0.255 e. The summed E-state index contributed by atoms with van der Waals surface area (Å²) in [6, 6.07) is 18.3. The minimum absolute atomic E-state index is 0.0698. The standard InChI is InChI=1S/C26H20N6O3/c33-25(28-21-3-1-2-17(11-21)24-13-27-15-35-24)18-5-4-16-8-9-32(14-20(16)10-18)26(34)19-6-7-22-23(12-19)30-31-29-22/h1-7,10-13,15H,8-9,14H2,(H,28,33)(H,29,30,31). The zero-order chi connectivity index (χ0) is 23.8. The second-order valence-corrected chi connectivity index (χ2v) is 8.39. The van der Waals surface area contributed by atoms with Crippen molar-refractivity contribution < 1.29 is 14.0 Å². The Kier molecular flexibility index (Phi) is 5.07. The van der Waals surface area contributed by atoms with Gasteiger partial charge in [-0.1, -0.05) is 18.2 Å². The van der Waals surface area contributed by atoms with E-state index in [0.717, 1.165) is 23.1 Å². The average Bonchev–Trinajstić information content (AvgIpc) is 3.60. The Morgan fingerprint density at radius 1 is 0.943 bits per heavy atom. The largest absolute Gasteiger partial charge is 0.444 e. The van der Waals surface area contributed by atoms with Crippen molar-refractivity contribution in [3.05, 3.63) is 95.5 Å². The molecule has 5 aromatic rings. The summed E-state index contributed by atoms with van der Waals surface area (Å²) in [7, 11) is 0. The van der Waals surface area contributed by atoms with Gasteiger partial charge in [-0.05, 0) is 60.0 Å². The summed E-state index contributed by atoms with van der Waals surface area (Å²) in [5.41, 5.74) is 6.06. The number of aromatic amines is 1. The molecule has 9 heteroatoms. The highest BCUT2D eigenvalue weighted by atomic mass is 16.3. The van der Waals surface area contributed by atoms with Crippen molar-refractivity contribution in [2.45, 2.75) is 13.0 Å². The van der Waals surface area contributed by atoms with Crippen molar-refractivity contribution in [3.63, 3.8) is 0 Å². The number of oxazole rings is 1. The molecule has 0 radical (unpaired) electrons. The van der Waals surface area contributed by atoms with Gasteiger partial charge in [-0.2, -0.15) is 15.4 Å². The molecule has 0 saturated carbocycles. The van der Waals surface area contributed by atoms with Gasteiger partial charge >= 0.3 is 0 Å². The van der Waals surface area contributed by atoms with Crippen LogP contribution < -0.4 is 5.32 Å². The Hall–Kier alpha value is -4.79. The zero-order valence-corrected chi connectivity index (χ0v) is 18.6. The number of aromatic nitrogens is 4. The van der Waals surface area contributed by atoms with Crippen LogP contribution in [0.3, 0.4) is 0 Å². The molecule has 0 unspecified atom stereocenters. The third kappa shape index (κ3) is 4.04. The minimum atomic E-state index is -0.220. The summed E-state index contributed by atoms with van der Waals surface area (Å²) < 4.78 is 5.34. The van der Waals surface area contributed by atoms with Crippen LogP contribution in [0.15, 0.2) is 77.7 Å². The summed E-state index contributed by atoms with van der Waals surface area (Å²) in [4.78, 5) is 31.9. The number of amides is 2. The lowest BCUT2D eigenvalue weighted by Gasteiger charge is -2.29. The van der Waals surface area contributed by atoms with Gasteiger partial charge in [0.25, 0.3) is 11.8 Å². The molecule has 0 aliphatic carbocycles. The molecule has 6 rings (SSSR count). The smallest absolute Gasteiger partial charge is 0.255 e. The second-order valence-electron chi connectivity index (χ2n) is 8.39. The summed E-state index contributed by atoms with van der Waals surface area (Å²) >= 11 is 0. The summed E-state index contributed by atoms with van der Waals surface area (Å²) in [5, 5.41) is 13.6. The number of anilines is 1. The lowest BCUT2D eigenvalue weighted by Crippen LogP contribution is -2.36. The normalized spacial score (nSPS) is 13.0. The Morgan fingerprint density at radius 3 is 2.71 bits per heavy atom. The summed E-state index contributed by atoms with van der Waals surface area (Å²) in [6.45, 7) is 1.05. The Labute approximate surface area is 199 Å². The lowest BCUT2D eigenvalue weighted by atomic mass is 9.96. The molecule has 2 amide bonds. The van der Waals surface area contributed by atoms with E-state index in [1.54, 1.807) is 29.3 Å². The Bertz CT molecular complexity index is 1560. The number of fused-ring (bicyclic) bond motifs is 2. The predicted octanol–water partition coefficient (Wildman–Crippen LogP) is 4.06. The highest BCUT2D eigenvalue weighted by Gasteiger charge is 2.23. The predicted molar refractivity (Wildman–Crippen MR) is 129 cm³/mol. The van der Waals surface area contributed by atoms with E-state index in [-0.39, 0.29) is 11.8 Å². The SMILES string of the molecule is O=C(Nc1cccc(-c2cnco2)c1)c1ccc2c(c1)CN(C(=O)c1ccc3n[nH]nc3c1)CC2. The number of nitrogens with one attached hydrogen (secondary N) is 2. The summed E-state index contributed by atoms with van der Waals surface area (Å²) in [6.07, 6.45) is 3.73. The molecule has 0 spiro atoms. The zero-order valence-electron chi connectivity index (χ0n) is 18.6. The molecule has 1 aliphatic heterocycles. The van der Waals surface area contributed by atoms with Gasteiger partial charge in [-0.3, -0.25) is 9.59 Å². The second kappa shape index (κ2) is 8.53. The molecule has 3 aromatic carbocycles. The Morgan fingerprint density at radius 2 is 1.83 bits per heavy atom. The first kappa shape index (κ1) is 20.8. The van der Waals surface area contributed by atoms with E-state index >= 15 is 0 Å². The average molecular weight is 464 g/mol. The van der Waals surface area contributed by atoms with Gasteiger partial charge in [-0.25, -0.2) is 4.98 Å². The maximum atomic E-state index is 13.1. The van der Waals surface area contributed by atoms with E-state index in [1.807, 2.05) is 42.5 Å². The first-order chi connectivity index (χ1) is 17.1. The van der Waals surface area contributed by atoms with E-state index < -0.39 is 0 Å². The van der Waals surface area contributed by atoms with Crippen LogP contribution in [-0.4, -0.2) is 43.7 Å². The van der Waals surface area contributed by atoms with Crippen LogP contribution in [0, 0.1) is 0 Å². The molecule has 2 aromatic heterocycles. The van der Waals surface area contributed by atoms with Crippen LogP contribution in [0.2, 0.25) is 0 Å². The number of carbonyl (C=O) groups is 2. The van der Waals surface area contributed by atoms with Crippen LogP contribution in [0.4, 0.5) is 5.69 Å². The molecule has 172 valence electrons. The molecular weight excluding hydrogens is 444 g/mol. The van der Waals surface area contributed by atoms with Gasteiger partial charge < -0.3 is 14.6 Å². The molecule has 0 bridgehead atoms. The maximum absolute atomic E-state index is 13.1. The molecule has 0 atom stereocenters. The molecule has 1 aliphatic rings. The fourth-order valence-electron chi connectivity index (χ4n) is 4.34. The van der Waals surface area contributed by atoms with Crippen LogP contribution in [-0.2, 0) is 13.0 Å². The number of nitrogens with zero attached hydrogens (tertiary/aromatic N) is 4.